The molecule has 0 saturated carbocycles. The van der Waals surface area contributed by atoms with E-state index in [0.717, 1.165) is 25.3 Å². The summed E-state index contributed by atoms with van der Waals surface area (Å²) in [5.41, 5.74) is 3.37. The summed E-state index contributed by atoms with van der Waals surface area (Å²) >= 11 is 0. The monoisotopic (exact) mass is 448 g/mol. The second-order valence-electron chi connectivity index (χ2n) is 9.32. The molecule has 4 nitrogen and oxygen atoms in total. The molecule has 0 spiro atoms. The van der Waals surface area contributed by atoms with Crippen molar-refractivity contribution in [2.45, 2.75) is 45.4 Å². The van der Waals surface area contributed by atoms with Gasteiger partial charge in [0.05, 0.1) is 11.2 Å². The van der Waals surface area contributed by atoms with Gasteiger partial charge in [-0.15, -0.1) is 0 Å². The number of rotatable bonds is 10. The van der Waals surface area contributed by atoms with Crippen LogP contribution in [0.4, 0.5) is 11.4 Å². The largest absolute Gasteiger partial charge is 0.382 e. The van der Waals surface area contributed by atoms with Gasteiger partial charge in [0.2, 0.25) is 0 Å². The Hall–Kier alpha value is -2.82. The third kappa shape index (κ3) is 10.1. The maximum Gasteiger partial charge on any atom is 0.0796 e. The molecule has 33 heavy (non-hydrogen) atoms. The van der Waals surface area contributed by atoms with Crippen molar-refractivity contribution in [3.8, 4) is 0 Å². The molecule has 0 bridgehead atoms. The first-order chi connectivity index (χ1) is 15.7. The van der Waals surface area contributed by atoms with Gasteiger partial charge in [-0.1, -0.05) is 66.7 Å². The lowest BCUT2D eigenvalue weighted by Gasteiger charge is -2.33. The second kappa shape index (κ2) is 13.0. The van der Waals surface area contributed by atoms with Crippen molar-refractivity contribution in [2.24, 2.45) is 0 Å². The number of nitrogens with zero attached hydrogens (tertiary/aromatic N) is 1. The van der Waals surface area contributed by atoms with Crippen molar-refractivity contribution in [3.63, 3.8) is 0 Å². The number of para-hydroxylation sites is 2. The van der Waals surface area contributed by atoms with Gasteiger partial charge in [0.1, 0.15) is 0 Å². The number of methoxy groups -OCH3 is 2. The van der Waals surface area contributed by atoms with Gasteiger partial charge < -0.3 is 19.7 Å². The minimum Gasteiger partial charge on any atom is -0.382 e. The van der Waals surface area contributed by atoms with E-state index in [9.17, 15) is 0 Å². The Morgan fingerprint density at radius 2 is 1.15 bits per heavy atom. The number of ether oxygens (including phenoxy) is 2. The van der Waals surface area contributed by atoms with Crippen LogP contribution in [0, 0.1) is 0 Å². The van der Waals surface area contributed by atoms with Crippen molar-refractivity contribution in [1.82, 2.24) is 0 Å². The fraction of sp³-hybridized carbons (Fsp3) is 0.379. The fourth-order valence-electron chi connectivity index (χ4n) is 3.15. The Labute approximate surface area is 200 Å². The summed E-state index contributed by atoms with van der Waals surface area (Å²) in [7, 11) is 3.50. The fourth-order valence-corrected chi connectivity index (χ4v) is 3.15. The summed E-state index contributed by atoms with van der Waals surface area (Å²) in [6, 6.07) is 31.2. The van der Waals surface area contributed by atoms with Crippen LogP contribution in [0.3, 0.4) is 0 Å². The van der Waals surface area contributed by atoms with Crippen LogP contribution in [-0.2, 0) is 16.0 Å². The van der Waals surface area contributed by atoms with Gasteiger partial charge in [0.15, 0.2) is 0 Å². The van der Waals surface area contributed by atoms with Gasteiger partial charge in [0, 0.05) is 45.2 Å². The molecule has 3 aromatic rings. The Bertz CT molecular complexity index is 897. The molecule has 0 aliphatic rings. The van der Waals surface area contributed by atoms with Gasteiger partial charge in [-0.3, -0.25) is 0 Å². The summed E-state index contributed by atoms with van der Waals surface area (Å²) in [4.78, 5) is 2.36. The van der Waals surface area contributed by atoms with E-state index in [1.54, 1.807) is 14.2 Å². The molecule has 3 rings (SSSR count). The highest BCUT2D eigenvalue weighted by Crippen LogP contribution is 2.21. The first-order valence-corrected chi connectivity index (χ1v) is 11.5. The highest BCUT2D eigenvalue weighted by molar-refractivity contribution is 5.47. The van der Waals surface area contributed by atoms with Crippen molar-refractivity contribution in [3.05, 3.63) is 96.6 Å². The lowest BCUT2D eigenvalue weighted by atomic mass is 10.1. The van der Waals surface area contributed by atoms with E-state index in [0.29, 0.717) is 0 Å². The molecule has 178 valence electrons. The van der Waals surface area contributed by atoms with E-state index in [2.05, 4.69) is 92.5 Å². The normalized spacial score (nSPS) is 11.3. The zero-order valence-corrected chi connectivity index (χ0v) is 21.0. The Morgan fingerprint density at radius 3 is 1.67 bits per heavy atom. The van der Waals surface area contributed by atoms with Crippen molar-refractivity contribution < 1.29 is 9.47 Å². The van der Waals surface area contributed by atoms with Gasteiger partial charge in [-0.2, -0.15) is 0 Å². The van der Waals surface area contributed by atoms with Crippen molar-refractivity contribution >= 4 is 11.4 Å². The summed E-state index contributed by atoms with van der Waals surface area (Å²) in [5.74, 6) is 0. The smallest absolute Gasteiger partial charge is 0.0796 e. The quantitative estimate of drug-likeness (QED) is 0.377. The van der Waals surface area contributed by atoms with Gasteiger partial charge in [-0.05, 0) is 57.5 Å². The minimum atomic E-state index is -0.176. The van der Waals surface area contributed by atoms with Crippen LogP contribution in [0.15, 0.2) is 91.0 Å². The summed E-state index contributed by atoms with van der Waals surface area (Å²) in [6.45, 7) is 10.9. The van der Waals surface area contributed by atoms with E-state index in [1.807, 2.05) is 36.4 Å². The SMILES string of the molecule is COC(C)(C)CN(Cc1ccccc1)c1ccccc1.COC(C)(C)CNc1ccccc1. The predicted octanol–water partition coefficient (Wildman–Crippen LogP) is 6.64. The summed E-state index contributed by atoms with van der Waals surface area (Å²) < 4.78 is 10.9. The molecular formula is C29H40N2O2. The van der Waals surface area contributed by atoms with E-state index < -0.39 is 0 Å². The summed E-state index contributed by atoms with van der Waals surface area (Å²) in [5, 5.41) is 3.31. The number of anilines is 2. The zero-order chi connectivity index (χ0) is 24.2. The number of nitrogens with one attached hydrogen (secondary N) is 1. The molecule has 0 atom stereocenters. The second-order valence-corrected chi connectivity index (χ2v) is 9.32. The lowest BCUT2D eigenvalue weighted by molar-refractivity contribution is 0.0287. The maximum atomic E-state index is 5.59. The highest BCUT2D eigenvalue weighted by Gasteiger charge is 2.21. The molecule has 0 saturated heterocycles. The maximum absolute atomic E-state index is 5.59. The van der Waals surface area contributed by atoms with Crippen molar-refractivity contribution in [1.29, 1.82) is 0 Å². The topological polar surface area (TPSA) is 33.7 Å². The standard InChI is InChI=1S/C18H23NO.C11H17NO/c1-18(2,20-3)15-19(17-12-8-5-9-13-17)14-16-10-6-4-7-11-16;1-11(2,13-3)9-12-10-7-5-4-6-8-10/h4-13H,14-15H2,1-3H3;4-8,12H,9H2,1-3H3. The highest BCUT2D eigenvalue weighted by atomic mass is 16.5. The first-order valence-electron chi connectivity index (χ1n) is 11.5. The molecule has 4 heteroatoms. The van der Waals surface area contributed by atoms with Crippen LogP contribution in [0.2, 0.25) is 0 Å². The van der Waals surface area contributed by atoms with Gasteiger partial charge >= 0.3 is 0 Å². The molecule has 0 aliphatic carbocycles. The Morgan fingerprint density at radius 1 is 0.667 bits per heavy atom. The average molecular weight is 449 g/mol. The van der Waals surface area contributed by atoms with E-state index in [1.165, 1.54) is 11.3 Å². The molecule has 0 unspecified atom stereocenters. The summed E-state index contributed by atoms with van der Waals surface area (Å²) in [6.07, 6.45) is 0. The van der Waals surface area contributed by atoms with E-state index >= 15 is 0 Å². The molecule has 0 radical (unpaired) electrons. The van der Waals surface area contributed by atoms with Crippen LogP contribution in [-0.4, -0.2) is 38.5 Å². The van der Waals surface area contributed by atoms with Crippen LogP contribution in [0.25, 0.3) is 0 Å². The molecule has 0 heterocycles. The van der Waals surface area contributed by atoms with E-state index in [-0.39, 0.29) is 11.2 Å². The minimum absolute atomic E-state index is 0.115. The number of hydrogen-bond acceptors (Lipinski definition) is 4. The van der Waals surface area contributed by atoms with Gasteiger partial charge in [0.25, 0.3) is 0 Å². The average Bonchev–Trinajstić information content (AvgIpc) is 2.85. The Balaban J connectivity index is 0.000000257. The molecule has 0 fully saturated rings. The molecule has 0 amide bonds. The molecule has 0 aliphatic heterocycles. The number of benzene rings is 3. The lowest BCUT2D eigenvalue weighted by Crippen LogP contribution is -2.39. The zero-order valence-electron chi connectivity index (χ0n) is 21.0. The first kappa shape index (κ1) is 26.4. The van der Waals surface area contributed by atoms with Crippen LogP contribution in [0.5, 0.6) is 0 Å². The Kier molecular flexibility index (Phi) is 10.4. The third-order valence-corrected chi connectivity index (χ3v) is 5.51. The van der Waals surface area contributed by atoms with E-state index in [4.69, 9.17) is 9.47 Å². The molecular weight excluding hydrogens is 408 g/mol. The molecule has 1 N–H and O–H groups in total. The number of hydrogen-bond donors (Lipinski definition) is 1. The third-order valence-electron chi connectivity index (χ3n) is 5.51. The van der Waals surface area contributed by atoms with Crippen LogP contribution in [0.1, 0.15) is 33.3 Å². The molecule has 3 aromatic carbocycles. The van der Waals surface area contributed by atoms with Crippen LogP contribution >= 0.6 is 0 Å². The molecule has 0 aromatic heterocycles. The predicted molar refractivity (Wildman–Crippen MR) is 141 cm³/mol. The van der Waals surface area contributed by atoms with Crippen LogP contribution < -0.4 is 10.2 Å². The van der Waals surface area contributed by atoms with Crippen molar-refractivity contribution in [2.75, 3.05) is 37.5 Å². The van der Waals surface area contributed by atoms with Gasteiger partial charge in [-0.25, -0.2) is 0 Å².